The van der Waals surface area contributed by atoms with Crippen LogP contribution >= 0.6 is 11.5 Å². The Balaban J connectivity index is 2.27. The van der Waals surface area contributed by atoms with Gasteiger partial charge in [0, 0.05) is 6.54 Å². The normalized spacial score (nSPS) is 14.8. The lowest BCUT2D eigenvalue weighted by Crippen LogP contribution is -2.32. The van der Waals surface area contributed by atoms with Gasteiger partial charge < -0.3 is 10.4 Å². The van der Waals surface area contributed by atoms with E-state index < -0.39 is 5.60 Å². The molecule has 0 bridgehead atoms. The van der Waals surface area contributed by atoms with Crippen LogP contribution in [0.3, 0.4) is 0 Å². The first-order valence-electron chi connectivity index (χ1n) is 5.57. The van der Waals surface area contributed by atoms with Crippen LogP contribution in [0.4, 0.5) is 5.82 Å². The van der Waals surface area contributed by atoms with E-state index >= 15 is 0 Å². The van der Waals surface area contributed by atoms with Gasteiger partial charge in [-0.15, -0.1) is 0 Å². The van der Waals surface area contributed by atoms with Gasteiger partial charge in [-0.1, -0.05) is 6.92 Å². The molecule has 0 saturated carbocycles. The number of aromatic nitrogens is 3. The smallest absolute Gasteiger partial charge is 0.149 e. The van der Waals surface area contributed by atoms with Crippen molar-refractivity contribution in [2.75, 3.05) is 11.9 Å². The number of aliphatic hydroxyl groups is 1. The average Bonchev–Trinajstić information content (AvgIpc) is 2.70. The molecule has 0 radical (unpaired) electrons. The van der Waals surface area contributed by atoms with Gasteiger partial charge in [0.25, 0.3) is 0 Å². The first-order chi connectivity index (χ1) is 8.03. The van der Waals surface area contributed by atoms with E-state index in [1.807, 2.05) is 13.8 Å². The van der Waals surface area contributed by atoms with Crippen LogP contribution in [0, 0.1) is 6.92 Å². The molecule has 0 fully saturated rings. The maximum atomic E-state index is 9.96. The number of rotatable bonds is 4. The number of nitrogens with one attached hydrogen (secondary N) is 1. The van der Waals surface area contributed by atoms with Crippen LogP contribution in [0.2, 0.25) is 0 Å². The molecule has 2 rings (SSSR count). The molecule has 2 aromatic rings. The molecule has 0 aromatic carbocycles. The first-order valence-corrected chi connectivity index (χ1v) is 6.34. The predicted molar refractivity (Wildman–Crippen MR) is 69.4 cm³/mol. The number of hydrogen-bond acceptors (Lipinski definition) is 6. The SMILES string of the molecule is CCC(C)(O)CNc1ncnc2snc(C)c12. The van der Waals surface area contributed by atoms with E-state index in [1.165, 1.54) is 17.9 Å². The third-order valence-corrected chi connectivity index (χ3v) is 3.69. The largest absolute Gasteiger partial charge is 0.388 e. The van der Waals surface area contributed by atoms with E-state index in [1.54, 1.807) is 6.92 Å². The van der Waals surface area contributed by atoms with Crippen molar-refractivity contribution in [2.45, 2.75) is 32.8 Å². The third kappa shape index (κ3) is 2.53. The van der Waals surface area contributed by atoms with Crippen molar-refractivity contribution in [3.63, 3.8) is 0 Å². The number of nitrogens with zero attached hydrogens (tertiary/aromatic N) is 3. The van der Waals surface area contributed by atoms with Crippen LogP contribution in [0.25, 0.3) is 10.2 Å². The second-order valence-corrected chi connectivity index (χ2v) is 5.13. The fourth-order valence-electron chi connectivity index (χ4n) is 1.46. The predicted octanol–water partition coefficient (Wildman–Crippen LogP) is 1.97. The molecule has 0 aliphatic heterocycles. The van der Waals surface area contributed by atoms with Crippen molar-refractivity contribution in [3.8, 4) is 0 Å². The summed E-state index contributed by atoms with van der Waals surface area (Å²) in [4.78, 5) is 9.25. The zero-order chi connectivity index (χ0) is 12.5. The molecule has 17 heavy (non-hydrogen) atoms. The van der Waals surface area contributed by atoms with Gasteiger partial charge in [-0.05, 0) is 31.8 Å². The van der Waals surface area contributed by atoms with Crippen LogP contribution in [0.15, 0.2) is 6.33 Å². The second-order valence-electron chi connectivity index (χ2n) is 4.37. The van der Waals surface area contributed by atoms with E-state index in [0.29, 0.717) is 13.0 Å². The Morgan fingerprint density at radius 3 is 2.94 bits per heavy atom. The minimum atomic E-state index is -0.728. The lowest BCUT2D eigenvalue weighted by atomic mass is 10.0. The molecule has 2 heterocycles. The Labute approximate surface area is 104 Å². The lowest BCUT2D eigenvalue weighted by Gasteiger charge is -2.22. The van der Waals surface area contributed by atoms with E-state index in [0.717, 1.165) is 21.7 Å². The molecule has 0 aliphatic carbocycles. The molecule has 2 aromatic heterocycles. The standard InChI is InChI=1S/C11H16N4OS/c1-4-11(3,16)5-12-9-8-7(2)15-17-10(8)14-6-13-9/h6,16H,4-5H2,1-3H3,(H,12,13,14). The monoisotopic (exact) mass is 252 g/mol. The summed E-state index contributed by atoms with van der Waals surface area (Å²) in [5.74, 6) is 0.745. The van der Waals surface area contributed by atoms with E-state index in [-0.39, 0.29) is 0 Å². The van der Waals surface area contributed by atoms with Gasteiger partial charge in [-0.3, -0.25) is 0 Å². The zero-order valence-electron chi connectivity index (χ0n) is 10.2. The average molecular weight is 252 g/mol. The summed E-state index contributed by atoms with van der Waals surface area (Å²) in [5.41, 5.74) is 0.193. The van der Waals surface area contributed by atoms with Gasteiger partial charge >= 0.3 is 0 Å². The van der Waals surface area contributed by atoms with Crippen molar-refractivity contribution in [1.29, 1.82) is 0 Å². The summed E-state index contributed by atoms with van der Waals surface area (Å²) in [6.07, 6.45) is 2.21. The van der Waals surface area contributed by atoms with Crippen molar-refractivity contribution in [1.82, 2.24) is 14.3 Å². The molecule has 1 unspecified atom stereocenters. The minimum absolute atomic E-state index is 0.463. The van der Waals surface area contributed by atoms with Crippen molar-refractivity contribution >= 4 is 27.6 Å². The molecule has 0 spiro atoms. The summed E-state index contributed by atoms with van der Waals surface area (Å²) >= 11 is 1.36. The molecular weight excluding hydrogens is 236 g/mol. The van der Waals surface area contributed by atoms with Crippen molar-refractivity contribution in [2.24, 2.45) is 0 Å². The first kappa shape index (κ1) is 12.2. The summed E-state index contributed by atoms with van der Waals surface area (Å²) in [7, 11) is 0. The molecule has 0 amide bonds. The van der Waals surface area contributed by atoms with Crippen molar-refractivity contribution in [3.05, 3.63) is 12.0 Å². The third-order valence-electron chi connectivity index (χ3n) is 2.84. The van der Waals surface area contributed by atoms with E-state index in [2.05, 4.69) is 19.7 Å². The molecule has 0 saturated heterocycles. The number of anilines is 1. The fourth-order valence-corrected chi connectivity index (χ4v) is 2.20. The number of hydrogen-bond donors (Lipinski definition) is 2. The molecule has 5 nitrogen and oxygen atoms in total. The Kier molecular flexibility index (Phi) is 3.26. The maximum Gasteiger partial charge on any atom is 0.149 e. The van der Waals surface area contributed by atoms with Crippen LogP contribution in [0.5, 0.6) is 0 Å². The van der Waals surface area contributed by atoms with E-state index in [9.17, 15) is 5.11 Å². The summed E-state index contributed by atoms with van der Waals surface area (Å²) in [6, 6.07) is 0. The van der Waals surface area contributed by atoms with Crippen LogP contribution in [0.1, 0.15) is 26.0 Å². The van der Waals surface area contributed by atoms with Crippen LogP contribution in [-0.4, -0.2) is 31.6 Å². The van der Waals surface area contributed by atoms with Gasteiger partial charge in [0.2, 0.25) is 0 Å². The van der Waals surface area contributed by atoms with E-state index in [4.69, 9.17) is 0 Å². The zero-order valence-corrected chi connectivity index (χ0v) is 11.0. The molecule has 6 heteroatoms. The molecular formula is C11H16N4OS. The quantitative estimate of drug-likeness (QED) is 0.870. The van der Waals surface area contributed by atoms with Gasteiger partial charge in [0.1, 0.15) is 17.0 Å². The molecule has 0 aliphatic rings. The highest BCUT2D eigenvalue weighted by Crippen LogP contribution is 2.26. The van der Waals surface area contributed by atoms with Gasteiger partial charge in [0.05, 0.1) is 16.7 Å². The summed E-state index contributed by atoms with van der Waals surface area (Å²) in [5, 5.41) is 14.1. The molecule has 92 valence electrons. The van der Waals surface area contributed by atoms with Crippen molar-refractivity contribution < 1.29 is 5.11 Å². The maximum absolute atomic E-state index is 9.96. The summed E-state index contributed by atoms with van der Waals surface area (Å²) in [6.45, 7) is 6.15. The molecule has 1 atom stereocenters. The minimum Gasteiger partial charge on any atom is -0.388 e. The highest BCUT2D eigenvalue weighted by molar-refractivity contribution is 7.13. The van der Waals surface area contributed by atoms with Crippen LogP contribution < -0.4 is 5.32 Å². The highest BCUT2D eigenvalue weighted by Gasteiger charge is 2.18. The van der Waals surface area contributed by atoms with Gasteiger partial charge in [-0.2, -0.15) is 4.37 Å². The van der Waals surface area contributed by atoms with Gasteiger partial charge in [0.15, 0.2) is 0 Å². The Morgan fingerprint density at radius 2 is 2.24 bits per heavy atom. The van der Waals surface area contributed by atoms with Gasteiger partial charge in [-0.25, -0.2) is 9.97 Å². The fraction of sp³-hybridized carbons (Fsp3) is 0.545. The topological polar surface area (TPSA) is 70.9 Å². The Morgan fingerprint density at radius 1 is 1.47 bits per heavy atom. The Bertz CT molecular complexity index is 523. The highest BCUT2D eigenvalue weighted by atomic mass is 32.1. The molecule has 2 N–H and O–H groups in total. The second kappa shape index (κ2) is 4.54. The Hall–Kier alpha value is -1.27. The summed E-state index contributed by atoms with van der Waals surface area (Å²) < 4.78 is 4.26. The number of aryl methyl sites for hydroxylation is 1. The number of fused-ring (bicyclic) bond motifs is 1. The lowest BCUT2D eigenvalue weighted by molar-refractivity contribution is 0.0697. The van der Waals surface area contributed by atoms with Crippen LogP contribution in [-0.2, 0) is 0 Å².